The molecular weight excluding hydrogens is 407 g/mol. The zero-order valence-corrected chi connectivity index (χ0v) is 17.1. The largest absolute Gasteiger partial charge is 0.366 e. The lowest BCUT2D eigenvalue weighted by atomic mass is 9.91. The number of hydrogen-bond donors (Lipinski definition) is 2. The first-order valence-electron chi connectivity index (χ1n) is 8.85. The van der Waals surface area contributed by atoms with Gasteiger partial charge in [0, 0.05) is 22.9 Å². The number of carbonyl (C=O) groups is 2. The van der Waals surface area contributed by atoms with Crippen molar-refractivity contribution >= 4 is 21.7 Å². The summed E-state index contributed by atoms with van der Waals surface area (Å²) in [5, 5.41) is 0. The highest BCUT2D eigenvalue weighted by Crippen LogP contribution is 2.36. The van der Waals surface area contributed by atoms with Crippen LogP contribution < -0.4 is 11.5 Å². The van der Waals surface area contributed by atoms with E-state index in [2.05, 4.69) is 0 Å². The van der Waals surface area contributed by atoms with Crippen LogP contribution in [0.2, 0.25) is 0 Å². The molecule has 0 unspecified atom stereocenters. The summed E-state index contributed by atoms with van der Waals surface area (Å²) in [5.41, 5.74) is 11.6. The van der Waals surface area contributed by atoms with E-state index < -0.39 is 33.0 Å². The van der Waals surface area contributed by atoms with E-state index in [1.54, 1.807) is 25.1 Å². The van der Waals surface area contributed by atoms with Gasteiger partial charge in [-0.3, -0.25) is 9.59 Å². The Morgan fingerprint density at radius 1 is 0.833 bits per heavy atom. The van der Waals surface area contributed by atoms with E-state index in [0.29, 0.717) is 0 Å². The Bertz CT molecular complexity index is 1300. The molecule has 0 saturated carbocycles. The van der Waals surface area contributed by atoms with Crippen LogP contribution in [0.5, 0.6) is 0 Å². The van der Waals surface area contributed by atoms with Gasteiger partial charge in [0.05, 0.1) is 10.5 Å². The number of primary amides is 2. The molecule has 0 radical (unpaired) electrons. The number of aryl methyl sites for hydroxylation is 1. The number of rotatable bonds is 5. The predicted molar refractivity (Wildman–Crippen MR) is 112 cm³/mol. The van der Waals surface area contributed by atoms with Crippen molar-refractivity contribution < 1.29 is 22.4 Å². The van der Waals surface area contributed by atoms with Crippen LogP contribution in [-0.2, 0) is 9.84 Å². The van der Waals surface area contributed by atoms with Crippen LogP contribution in [0.25, 0.3) is 22.3 Å². The van der Waals surface area contributed by atoms with E-state index in [4.69, 9.17) is 11.5 Å². The molecule has 154 valence electrons. The summed E-state index contributed by atoms with van der Waals surface area (Å²) < 4.78 is 39.9. The van der Waals surface area contributed by atoms with E-state index >= 15 is 4.39 Å². The minimum Gasteiger partial charge on any atom is -0.366 e. The average Bonchev–Trinajstić information content (AvgIpc) is 2.66. The van der Waals surface area contributed by atoms with Gasteiger partial charge >= 0.3 is 0 Å². The van der Waals surface area contributed by atoms with Gasteiger partial charge in [-0.25, -0.2) is 12.8 Å². The summed E-state index contributed by atoms with van der Waals surface area (Å²) in [6, 6.07) is 13.4. The maximum absolute atomic E-state index is 15.6. The summed E-state index contributed by atoms with van der Waals surface area (Å²) in [6.07, 6.45) is 1.02. The normalized spacial score (nSPS) is 11.3. The van der Waals surface area contributed by atoms with E-state index in [-0.39, 0.29) is 32.7 Å². The van der Waals surface area contributed by atoms with Crippen molar-refractivity contribution in [3.05, 3.63) is 77.1 Å². The second kappa shape index (κ2) is 7.72. The first kappa shape index (κ1) is 21.2. The fraction of sp³-hybridized carbons (Fsp3) is 0.0909. The fourth-order valence-electron chi connectivity index (χ4n) is 3.36. The van der Waals surface area contributed by atoms with Crippen molar-refractivity contribution in [3.63, 3.8) is 0 Å². The molecule has 3 rings (SSSR count). The topological polar surface area (TPSA) is 120 Å². The number of hydrogen-bond acceptors (Lipinski definition) is 4. The number of nitrogens with two attached hydrogens (primary N) is 2. The summed E-state index contributed by atoms with van der Waals surface area (Å²) in [6.45, 7) is 1.76. The maximum atomic E-state index is 15.6. The molecule has 0 heterocycles. The molecule has 4 N–H and O–H groups in total. The van der Waals surface area contributed by atoms with E-state index in [1.165, 1.54) is 36.4 Å². The maximum Gasteiger partial charge on any atom is 0.252 e. The van der Waals surface area contributed by atoms with Crippen molar-refractivity contribution in [2.45, 2.75) is 11.8 Å². The van der Waals surface area contributed by atoms with Gasteiger partial charge in [-0.1, -0.05) is 48.0 Å². The van der Waals surface area contributed by atoms with Crippen LogP contribution in [0.15, 0.2) is 59.5 Å². The van der Waals surface area contributed by atoms with Crippen molar-refractivity contribution in [2.75, 3.05) is 6.26 Å². The highest BCUT2D eigenvalue weighted by molar-refractivity contribution is 7.90. The monoisotopic (exact) mass is 426 g/mol. The Hall–Kier alpha value is -3.52. The molecule has 0 fully saturated rings. The van der Waals surface area contributed by atoms with Crippen LogP contribution in [0.4, 0.5) is 4.39 Å². The van der Waals surface area contributed by atoms with Crippen LogP contribution in [0.3, 0.4) is 0 Å². The molecule has 2 amide bonds. The number of sulfone groups is 1. The van der Waals surface area contributed by atoms with Crippen molar-refractivity contribution in [3.8, 4) is 22.3 Å². The highest BCUT2D eigenvalue weighted by Gasteiger charge is 2.25. The molecule has 0 aromatic heterocycles. The smallest absolute Gasteiger partial charge is 0.252 e. The molecule has 8 heteroatoms. The molecule has 0 aliphatic carbocycles. The van der Waals surface area contributed by atoms with Gasteiger partial charge in [0.25, 0.3) is 5.91 Å². The van der Waals surface area contributed by atoms with Gasteiger partial charge in [0.1, 0.15) is 5.82 Å². The van der Waals surface area contributed by atoms with Gasteiger partial charge in [-0.05, 0) is 30.2 Å². The average molecular weight is 426 g/mol. The van der Waals surface area contributed by atoms with Gasteiger partial charge in [0.15, 0.2) is 9.84 Å². The van der Waals surface area contributed by atoms with E-state index in [1.807, 2.05) is 0 Å². The first-order chi connectivity index (χ1) is 14.0. The third-order valence-electron chi connectivity index (χ3n) is 4.70. The van der Waals surface area contributed by atoms with Crippen LogP contribution in [0, 0.1) is 12.7 Å². The van der Waals surface area contributed by atoms with Crippen molar-refractivity contribution in [2.24, 2.45) is 11.5 Å². The number of benzene rings is 3. The third-order valence-corrected chi connectivity index (χ3v) is 5.85. The summed E-state index contributed by atoms with van der Waals surface area (Å²) in [4.78, 5) is 23.9. The minimum atomic E-state index is -3.66. The van der Waals surface area contributed by atoms with E-state index in [9.17, 15) is 18.0 Å². The molecule has 0 saturated heterocycles. The van der Waals surface area contributed by atoms with Gasteiger partial charge in [-0.15, -0.1) is 0 Å². The lowest BCUT2D eigenvalue weighted by Crippen LogP contribution is -2.17. The van der Waals surface area contributed by atoms with Crippen molar-refractivity contribution in [1.29, 1.82) is 0 Å². The second-order valence-corrected chi connectivity index (χ2v) is 8.88. The lowest BCUT2D eigenvalue weighted by molar-refractivity contribution is 0.0991. The Labute approximate surface area is 173 Å². The van der Waals surface area contributed by atoms with Crippen LogP contribution in [0.1, 0.15) is 26.3 Å². The molecule has 3 aromatic rings. The molecule has 0 aliphatic heterocycles. The molecular formula is C22H19FN2O4S. The lowest BCUT2D eigenvalue weighted by Gasteiger charge is -2.16. The number of carbonyl (C=O) groups excluding carboxylic acids is 2. The molecule has 0 spiro atoms. The number of halogens is 1. The Kier molecular flexibility index (Phi) is 5.45. The first-order valence-corrected chi connectivity index (χ1v) is 10.7. The van der Waals surface area contributed by atoms with Crippen molar-refractivity contribution in [1.82, 2.24) is 0 Å². The molecule has 0 bridgehead atoms. The van der Waals surface area contributed by atoms with Crippen LogP contribution in [-0.4, -0.2) is 26.5 Å². The quantitative estimate of drug-likeness (QED) is 0.651. The standard InChI is InChI=1S/C22H19FN2O4S/c1-12-7-8-16(21(24)26)17(11-12)15-10-9-14(19(20(15)23)22(25)27)13-5-3-4-6-18(13)30(2,28)29/h3-11H,1-2H3,(H2,24,26)(H2,25,27). The fourth-order valence-corrected chi connectivity index (χ4v) is 4.26. The Balaban J connectivity index is 2.37. The summed E-state index contributed by atoms with van der Waals surface area (Å²) in [5.74, 6) is -2.78. The van der Waals surface area contributed by atoms with Gasteiger partial charge < -0.3 is 11.5 Å². The van der Waals surface area contributed by atoms with Crippen LogP contribution >= 0.6 is 0 Å². The second-order valence-electron chi connectivity index (χ2n) is 6.90. The molecule has 30 heavy (non-hydrogen) atoms. The molecule has 0 aliphatic rings. The SMILES string of the molecule is Cc1ccc(C(N)=O)c(-c2ccc(-c3ccccc3S(C)(=O)=O)c(C(N)=O)c2F)c1. The Morgan fingerprint density at radius 2 is 1.47 bits per heavy atom. The predicted octanol–water partition coefficient (Wildman–Crippen LogP) is 3.07. The highest BCUT2D eigenvalue weighted by atomic mass is 32.2. The third kappa shape index (κ3) is 3.81. The zero-order chi connectivity index (χ0) is 22.2. The van der Waals surface area contributed by atoms with E-state index in [0.717, 1.165) is 11.8 Å². The molecule has 0 atom stereocenters. The zero-order valence-electron chi connectivity index (χ0n) is 16.3. The van der Waals surface area contributed by atoms with Gasteiger partial charge in [-0.2, -0.15) is 0 Å². The summed E-state index contributed by atoms with van der Waals surface area (Å²) >= 11 is 0. The molecule has 3 aromatic carbocycles. The Morgan fingerprint density at radius 3 is 2.07 bits per heavy atom. The van der Waals surface area contributed by atoms with Gasteiger partial charge in [0.2, 0.25) is 5.91 Å². The summed E-state index contributed by atoms with van der Waals surface area (Å²) in [7, 11) is -3.66. The number of amides is 2. The molecule has 6 nitrogen and oxygen atoms in total. The minimum absolute atomic E-state index is 0.0399.